The zero-order valence-electron chi connectivity index (χ0n) is 6.49. The van der Waals surface area contributed by atoms with E-state index in [4.69, 9.17) is 11.0 Å². The molecule has 58 valence electrons. The second-order valence-corrected chi connectivity index (χ2v) is 2.81. The molecule has 0 aromatic heterocycles. The van der Waals surface area contributed by atoms with Gasteiger partial charge in [0, 0.05) is 6.04 Å². The fraction of sp³-hybridized carbons (Fsp3) is 0.100. The van der Waals surface area contributed by atoms with Gasteiger partial charge in [0.25, 0.3) is 0 Å². The third kappa shape index (κ3) is 0.843. The zero-order chi connectivity index (χ0) is 8.55. The van der Waals surface area contributed by atoms with Crippen molar-refractivity contribution >= 4 is 6.08 Å². The molecule has 1 aliphatic carbocycles. The Hall–Kier alpha value is -1.59. The largest absolute Gasteiger partial charge is 0.321 e. The van der Waals surface area contributed by atoms with Crippen LogP contribution in [0, 0.1) is 11.3 Å². The van der Waals surface area contributed by atoms with Crippen LogP contribution in [0.3, 0.4) is 0 Å². The molecule has 0 aliphatic heterocycles. The van der Waals surface area contributed by atoms with Gasteiger partial charge >= 0.3 is 0 Å². The normalized spacial score (nSPS) is 18.8. The van der Waals surface area contributed by atoms with Gasteiger partial charge in [-0.05, 0) is 17.2 Å². The van der Waals surface area contributed by atoms with E-state index in [1.54, 1.807) is 6.07 Å². The summed E-state index contributed by atoms with van der Waals surface area (Å²) in [6.45, 7) is 0. The first-order valence-corrected chi connectivity index (χ1v) is 3.79. The second-order valence-electron chi connectivity index (χ2n) is 2.81. The fourth-order valence-electron chi connectivity index (χ4n) is 1.46. The Morgan fingerprint density at radius 1 is 1.42 bits per heavy atom. The van der Waals surface area contributed by atoms with Crippen LogP contribution < -0.4 is 5.73 Å². The topological polar surface area (TPSA) is 49.8 Å². The number of fused-ring (bicyclic) bond motifs is 1. The van der Waals surface area contributed by atoms with Gasteiger partial charge in [0.2, 0.25) is 0 Å². The second kappa shape index (κ2) is 2.47. The third-order valence-electron chi connectivity index (χ3n) is 2.09. The molecule has 0 heterocycles. The summed E-state index contributed by atoms with van der Waals surface area (Å²) in [7, 11) is 0. The number of benzene rings is 1. The van der Waals surface area contributed by atoms with Gasteiger partial charge in [-0.2, -0.15) is 5.26 Å². The van der Waals surface area contributed by atoms with E-state index >= 15 is 0 Å². The lowest BCUT2D eigenvalue weighted by Gasteiger charge is -2.04. The van der Waals surface area contributed by atoms with E-state index in [1.165, 1.54) is 0 Å². The van der Waals surface area contributed by atoms with Crippen molar-refractivity contribution in [3.8, 4) is 6.07 Å². The lowest BCUT2D eigenvalue weighted by Crippen LogP contribution is -2.04. The van der Waals surface area contributed by atoms with Crippen LogP contribution in [0.5, 0.6) is 0 Å². The standard InChI is InChI=1S/C10H8N2/c11-6-7-2-1-3-9-8(7)4-5-10(9)12/h1-5,10H,12H2/t10-/m0/s1. The van der Waals surface area contributed by atoms with E-state index in [1.807, 2.05) is 24.3 Å². The molecule has 0 fully saturated rings. The van der Waals surface area contributed by atoms with Gasteiger partial charge in [-0.15, -0.1) is 0 Å². The highest BCUT2D eigenvalue weighted by molar-refractivity contribution is 5.67. The average molecular weight is 156 g/mol. The lowest BCUT2D eigenvalue weighted by molar-refractivity contribution is 0.930. The zero-order valence-corrected chi connectivity index (χ0v) is 6.49. The van der Waals surface area contributed by atoms with Crippen LogP contribution in [0.15, 0.2) is 24.3 Å². The first-order valence-electron chi connectivity index (χ1n) is 3.79. The first-order chi connectivity index (χ1) is 5.83. The van der Waals surface area contributed by atoms with Crippen LogP contribution in [0.1, 0.15) is 22.7 Å². The number of nitriles is 1. The predicted octanol–water partition coefficient (Wildman–Crippen LogP) is 1.58. The minimum absolute atomic E-state index is 0.0340. The predicted molar refractivity (Wildman–Crippen MR) is 47.1 cm³/mol. The SMILES string of the molecule is N#Cc1cccc2c1C=C[C@@H]2N. The monoisotopic (exact) mass is 156 g/mol. The van der Waals surface area contributed by atoms with E-state index in [9.17, 15) is 0 Å². The number of rotatable bonds is 0. The molecule has 0 saturated heterocycles. The maximum absolute atomic E-state index is 8.76. The number of hydrogen-bond acceptors (Lipinski definition) is 2. The Kier molecular flexibility index (Phi) is 1.46. The van der Waals surface area contributed by atoms with Gasteiger partial charge in [-0.3, -0.25) is 0 Å². The van der Waals surface area contributed by atoms with Crippen LogP contribution in [0.25, 0.3) is 6.08 Å². The molecular weight excluding hydrogens is 148 g/mol. The number of hydrogen-bond donors (Lipinski definition) is 1. The van der Waals surface area contributed by atoms with Crippen molar-refractivity contribution < 1.29 is 0 Å². The Balaban J connectivity index is 2.67. The van der Waals surface area contributed by atoms with Crippen molar-refractivity contribution in [2.24, 2.45) is 5.73 Å². The average Bonchev–Trinajstić information content (AvgIpc) is 2.48. The highest BCUT2D eigenvalue weighted by Gasteiger charge is 2.15. The maximum atomic E-state index is 8.76. The van der Waals surface area contributed by atoms with Gasteiger partial charge in [0.05, 0.1) is 11.6 Å². The van der Waals surface area contributed by atoms with Gasteiger partial charge < -0.3 is 5.73 Å². The van der Waals surface area contributed by atoms with Crippen molar-refractivity contribution in [3.05, 3.63) is 41.0 Å². The molecule has 2 N–H and O–H groups in total. The molecule has 2 heteroatoms. The maximum Gasteiger partial charge on any atom is 0.0998 e. The molecule has 0 radical (unpaired) electrons. The molecule has 0 amide bonds. The van der Waals surface area contributed by atoms with E-state index in [0.29, 0.717) is 5.56 Å². The van der Waals surface area contributed by atoms with Crippen LogP contribution in [-0.4, -0.2) is 0 Å². The number of nitrogens with zero attached hydrogens (tertiary/aromatic N) is 1. The Morgan fingerprint density at radius 2 is 2.25 bits per heavy atom. The van der Waals surface area contributed by atoms with E-state index < -0.39 is 0 Å². The highest BCUT2D eigenvalue weighted by Crippen LogP contribution is 2.28. The summed E-state index contributed by atoms with van der Waals surface area (Å²) in [6, 6.07) is 7.74. The number of nitrogens with two attached hydrogens (primary N) is 1. The third-order valence-corrected chi connectivity index (χ3v) is 2.09. The summed E-state index contributed by atoms with van der Waals surface area (Å²) in [5.41, 5.74) is 8.51. The van der Waals surface area contributed by atoms with Crippen molar-refractivity contribution in [1.82, 2.24) is 0 Å². The summed E-state index contributed by atoms with van der Waals surface area (Å²) in [4.78, 5) is 0. The quantitative estimate of drug-likeness (QED) is 0.620. The Labute approximate surface area is 70.9 Å². The molecule has 1 aliphatic rings. The molecular formula is C10H8N2. The van der Waals surface area contributed by atoms with E-state index in [0.717, 1.165) is 11.1 Å². The minimum atomic E-state index is -0.0340. The van der Waals surface area contributed by atoms with Gasteiger partial charge in [0.1, 0.15) is 0 Å². The summed E-state index contributed by atoms with van der Waals surface area (Å²) in [6.07, 6.45) is 3.82. The molecule has 0 spiro atoms. The summed E-state index contributed by atoms with van der Waals surface area (Å²) >= 11 is 0. The smallest absolute Gasteiger partial charge is 0.0998 e. The first kappa shape index (κ1) is 7.08. The van der Waals surface area contributed by atoms with Crippen LogP contribution in [-0.2, 0) is 0 Å². The van der Waals surface area contributed by atoms with Crippen molar-refractivity contribution in [2.75, 3.05) is 0 Å². The van der Waals surface area contributed by atoms with Gasteiger partial charge in [0.15, 0.2) is 0 Å². The van der Waals surface area contributed by atoms with Crippen molar-refractivity contribution in [1.29, 1.82) is 5.26 Å². The molecule has 0 saturated carbocycles. The van der Waals surface area contributed by atoms with Crippen LogP contribution >= 0.6 is 0 Å². The molecule has 1 aromatic rings. The van der Waals surface area contributed by atoms with Gasteiger partial charge in [-0.25, -0.2) is 0 Å². The molecule has 0 unspecified atom stereocenters. The summed E-state index contributed by atoms with van der Waals surface area (Å²) in [5, 5.41) is 8.76. The fourth-order valence-corrected chi connectivity index (χ4v) is 1.46. The lowest BCUT2D eigenvalue weighted by atomic mass is 10.0. The molecule has 2 rings (SSSR count). The molecule has 0 bridgehead atoms. The van der Waals surface area contributed by atoms with Crippen molar-refractivity contribution in [2.45, 2.75) is 6.04 Å². The molecule has 2 nitrogen and oxygen atoms in total. The minimum Gasteiger partial charge on any atom is -0.321 e. The van der Waals surface area contributed by atoms with E-state index in [-0.39, 0.29) is 6.04 Å². The molecule has 1 aromatic carbocycles. The Bertz CT molecular complexity index is 385. The highest BCUT2D eigenvalue weighted by atomic mass is 14.6. The van der Waals surface area contributed by atoms with Crippen LogP contribution in [0.2, 0.25) is 0 Å². The molecule has 12 heavy (non-hydrogen) atoms. The molecule has 1 atom stereocenters. The summed E-state index contributed by atoms with van der Waals surface area (Å²) in [5.74, 6) is 0. The summed E-state index contributed by atoms with van der Waals surface area (Å²) < 4.78 is 0. The van der Waals surface area contributed by atoms with E-state index in [2.05, 4.69) is 6.07 Å². The Morgan fingerprint density at radius 3 is 3.00 bits per heavy atom. The van der Waals surface area contributed by atoms with Gasteiger partial charge in [-0.1, -0.05) is 24.3 Å². The van der Waals surface area contributed by atoms with Crippen LogP contribution in [0.4, 0.5) is 0 Å². The van der Waals surface area contributed by atoms with Crippen molar-refractivity contribution in [3.63, 3.8) is 0 Å².